The Morgan fingerprint density at radius 3 is 1.38 bits per heavy atom. The van der Waals surface area contributed by atoms with Crippen LogP contribution in [0.4, 0.5) is 0 Å². The van der Waals surface area contributed by atoms with E-state index in [0.717, 1.165) is 11.4 Å². The molecular weight excluding hydrogens is 777 g/mol. The summed E-state index contributed by atoms with van der Waals surface area (Å²) < 4.78 is 5.05. The SMILES string of the molecule is c1ccc(-c2cccc(-n3c4ccccc4c4cccc(-n5c6ccc(-c7ccccc7)cc6c6ccc([Si](c7ccccc7)(c7ccccc7)c7ccccc7)cc65)c43)c2)cc1. The first-order chi connectivity index (χ1) is 31.3. The topological polar surface area (TPSA) is 9.86 Å². The Labute approximate surface area is 368 Å². The molecule has 0 saturated heterocycles. The van der Waals surface area contributed by atoms with Gasteiger partial charge in [0.15, 0.2) is 8.07 Å². The second kappa shape index (κ2) is 15.2. The van der Waals surface area contributed by atoms with Crippen LogP contribution in [0, 0.1) is 0 Å². The van der Waals surface area contributed by atoms with Crippen molar-refractivity contribution in [3.8, 4) is 33.6 Å². The van der Waals surface area contributed by atoms with E-state index in [1.54, 1.807) is 0 Å². The Morgan fingerprint density at radius 1 is 0.254 bits per heavy atom. The van der Waals surface area contributed by atoms with Crippen LogP contribution in [0.25, 0.3) is 77.2 Å². The summed E-state index contributed by atoms with van der Waals surface area (Å²) in [6.45, 7) is 0. The summed E-state index contributed by atoms with van der Waals surface area (Å²) in [6, 6.07) is 94.4. The summed E-state index contributed by atoms with van der Waals surface area (Å²) in [5.41, 5.74) is 11.8. The first kappa shape index (κ1) is 36.8. The van der Waals surface area contributed by atoms with Gasteiger partial charge < -0.3 is 9.13 Å². The number of nitrogens with zero attached hydrogens (tertiary/aromatic N) is 2. The molecule has 3 heteroatoms. The van der Waals surface area contributed by atoms with Crippen LogP contribution in [-0.4, -0.2) is 17.2 Å². The molecule has 12 rings (SSSR count). The van der Waals surface area contributed by atoms with Gasteiger partial charge in [-0.15, -0.1) is 0 Å². The smallest absolute Gasteiger partial charge is 0.179 e. The standard InChI is InChI=1S/C60H42N2Si/c1-6-20-43(21-7-1)45-24-18-25-47(40-45)61-56-34-17-16-32-52(56)54-33-19-35-58(60(54)61)62-57-39-36-46(44-22-8-2-9-23-44)41-55(57)53-38-37-51(42-59(53)62)63(48-26-10-3-11-27-48,49-28-12-4-13-29-49)50-30-14-5-15-31-50/h1-42H. The molecule has 0 aliphatic heterocycles. The van der Waals surface area contributed by atoms with Gasteiger partial charge in [0.05, 0.1) is 27.8 Å². The van der Waals surface area contributed by atoms with E-state index in [4.69, 9.17) is 0 Å². The largest absolute Gasteiger partial charge is 0.307 e. The Kier molecular flexibility index (Phi) is 8.87. The molecule has 2 nitrogen and oxygen atoms in total. The van der Waals surface area contributed by atoms with Crippen molar-refractivity contribution in [2.24, 2.45) is 0 Å². The molecule has 0 unspecified atom stereocenters. The van der Waals surface area contributed by atoms with Crippen molar-refractivity contribution in [2.75, 3.05) is 0 Å². The highest BCUT2D eigenvalue weighted by Crippen LogP contribution is 2.41. The van der Waals surface area contributed by atoms with Crippen molar-refractivity contribution in [3.63, 3.8) is 0 Å². The number of fused-ring (bicyclic) bond motifs is 6. The molecule has 10 aromatic carbocycles. The van der Waals surface area contributed by atoms with Gasteiger partial charge in [-0.25, -0.2) is 0 Å². The van der Waals surface area contributed by atoms with Gasteiger partial charge in [-0.2, -0.15) is 0 Å². The van der Waals surface area contributed by atoms with Crippen molar-refractivity contribution < 1.29 is 0 Å². The van der Waals surface area contributed by atoms with Gasteiger partial charge in [0.1, 0.15) is 0 Å². The van der Waals surface area contributed by atoms with Gasteiger partial charge in [0.2, 0.25) is 0 Å². The number of hydrogen-bond acceptors (Lipinski definition) is 0. The lowest BCUT2D eigenvalue weighted by Crippen LogP contribution is -2.74. The average molecular weight is 819 g/mol. The molecule has 0 radical (unpaired) electrons. The van der Waals surface area contributed by atoms with Gasteiger partial charge in [-0.1, -0.05) is 212 Å². The van der Waals surface area contributed by atoms with Crippen LogP contribution in [0.2, 0.25) is 0 Å². The molecule has 0 aliphatic carbocycles. The first-order valence-corrected chi connectivity index (χ1v) is 23.8. The van der Waals surface area contributed by atoms with E-state index in [9.17, 15) is 0 Å². The van der Waals surface area contributed by atoms with Crippen molar-refractivity contribution >= 4 is 72.4 Å². The zero-order valence-electron chi connectivity index (χ0n) is 34.6. The highest BCUT2D eigenvalue weighted by atomic mass is 28.3. The molecule has 12 aromatic rings. The summed E-state index contributed by atoms with van der Waals surface area (Å²) in [6.07, 6.45) is 0. The van der Waals surface area contributed by atoms with Crippen LogP contribution >= 0.6 is 0 Å². The molecule has 0 aliphatic rings. The second-order valence-corrected chi connectivity index (χ2v) is 20.3. The fraction of sp³-hybridized carbons (Fsp3) is 0. The van der Waals surface area contributed by atoms with E-state index < -0.39 is 8.07 Å². The molecule has 0 fully saturated rings. The number of rotatable bonds is 8. The molecule has 0 saturated carbocycles. The van der Waals surface area contributed by atoms with Crippen LogP contribution in [-0.2, 0) is 0 Å². The summed E-state index contributed by atoms with van der Waals surface area (Å²) in [5, 5.41) is 10.3. The van der Waals surface area contributed by atoms with Gasteiger partial charge >= 0.3 is 0 Å². The zero-order chi connectivity index (χ0) is 41.7. The molecule has 0 spiro atoms. The molecular formula is C60H42N2Si. The van der Waals surface area contributed by atoms with E-state index in [2.05, 4.69) is 264 Å². The fourth-order valence-corrected chi connectivity index (χ4v) is 15.1. The highest BCUT2D eigenvalue weighted by Gasteiger charge is 2.41. The van der Waals surface area contributed by atoms with E-state index in [0.29, 0.717) is 0 Å². The van der Waals surface area contributed by atoms with Crippen LogP contribution in [0.5, 0.6) is 0 Å². The fourth-order valence-electron chi connectivity index (χ4n) is 10.3. The lowest BCUT2D eigenvalue weighted by molar-refractivity contribution is 1.13. The van der Waals surface area contributed by atoms with Crippen molar-refractivity contribution in [1.82, 2.24) is 9.13 Å². The summed E-state index contributed by atoms with van der Waals surface area (Å²) >= 11 is 0. The summed E-state index contributed by atoms with van der Waals surface area (Å²) in [5.74, 6) is 0. The maximum absolute atomic E-state index is 2.85. The minimum Gasteiger partial charge on any atom is -0.307 e. The van der Waals surface area contributed by atoms with E-state index in [-0.39, 0.29) is 0 Å². The lowest BCUT2D eigenvalue weighted by Gasteiger charge is -2.34. The zero-order valence-corrected chi connectivity index (χ0v) is 35.6. The van der Waals surface area contributed by atoms with Crippen molar-refractivity contribution in [2.45, 2.75) is 0 Å². The normalized spacial score (nSPS) is 11.8. The average Bonchev–Trinajstić information content (AvgIpc) is 3.88. The summed E-state index contributed by atoms with van der Waals surface area (Å²) in [4.78, 5) is 0. The molecule has 63 heavy (non-hydrogen) atoms. The third-order valence-electron chi connectivity index (χ3n) is 13.1. The van der Waals surface area contributed by atoms with Gasteiger partial charge in [-0.05, 0) is 85.5 Å². The second-order valence-electron chi connectivity index (χ2n) is 16.5. The van der Waals surface area contributed by atoms with E-state index in [1.807, 2.05) is 0 Å². The third kappa shape index (κ3) is 5.93. The summed E-state index contributed by atoms with van der Waals surface area (Å²) in [7, 11) is -2.85. The minimum absolute atomic E-state index is 1.13. The molecule has 0 bridgehead atoms. The number of para-hydroxylation sites is 2. The lowest BCUT2D eigenvalue weighted by atomic mass is 10.0. The predicted molar refractivity (Wildman–Crippen MR) is 270 cm³/mol. The Bertz CT molecular complexity index is 3500. The van der Waals surface area contributed by atoms with Crippen LogP contribution in [0.15, 0.2) is 255 Å². The molecule has 2 heterocycles. The monoisotopic (exact) mass is 818 g/mol. The number of benzene rings is 10. The van der Waals surface area contributed by atoms with E-state index >= 15 is 0 Å². The van der Waals surface area contributed by atoms with Crippen molar-refractivity contribution in [1.29, 1.82) is 0 Å². The predicted octanol–water partition coefficient (Wildman–Crippen LogP) is 12.6. The van der Waals surface area contributed by atoms with E-state index in [1.165, 1.54) is 86.6 Å². The Hall–Kier alpha value is -7.98. The van der Waals surface area contributed by atoms with Crippen LogP contribution in [0.3, 0.4) is 0 Å². The Morgan fingerprint density at radius 2 is 0.746 bits per heavy atom. The molecule has 0 atom stereocenters. The van der Waals surface area contributed by atoms with Gasteiger partial charge in [-0.3, -0.25) is 0 Å². The molecule has 0 N–H and O–H groups in total. The Balaban J connectivity index is 1.21. The molecule has 2 aromatic heterocycles. The van der Waals surface area contributed by atoms with Crippen LogP contribution in [0.1, 0.15) is 0 Å². The molecule has 0 amide bonds. The number of hydrogen-bond donors (Lipinski definition) is 0. The molecule has 296 valence electrons. The van der Waals surface area contributed by atoms with Gasteiger partial charge in [0, 0.05) is 27.2 Å². The van der Waals surface area contributed by atoms with Crippen LogP contribution < -0.4 is 20.7 Å². The quantitative estimate of drug-likeness (QED) is 0.107. The minimum atomic E-state index is -2.85. The maximum atomic E-state index is 2.56. The third-order valence-corrected chi connectivity index (χ3v) is 17.8. The highest BCUT2D eigenvalue weighted by molar-refractivity contribution is 7.20. The number of aromatic nitrogens is 2. The van der Waals surface area contributed by atoms with Crippen molar-refractivity contribution in [3.05, 3.63) is 255 Å². The van der Waals surface area contributed by atoms with Gasteiger partial charge in [0.25, 0.3) is 0 Å². The first-order valence-electron chi connectivity index (χ1n) is 21.8. The maximum Gasteiger partial charge on any atom is 0.179 e.